The van der Waals surface area contributed by atoms with E-state index in [0.717, 1.165) is 21.8 Å². The van der Waals surface area contributed by atoms with Crippen LogP contribution in [0.15, 0.2) is 30.3 Å². The Balaban J connectivity index is 2.01. The molecule has 0 radical (unpaired) electrons. The van der Waals surface area contributed by atoms with E-state index < -0.39 is 15.9 Å². The molecule has 27 heavy (non-hydrogen) atoms. The number of likely N-dealkylation sites (N-methyl/N-ethyl adjacent to an activating group) is 1. The summed E-state index contributed by atoms with van der Waals surface area (Å²) in [5.41, 5.74) is 3.28. The molecule has 10 heteroatoms. The minimum atomic E-state index is -3.39. The van der Waals surface area contributed by atoms with Crippen molar-refractivity contribution in [3.8, 4) is 0 Å². The Hall–Kier alpha value is -2.43. The van der Waals surface area contributed by atoms with E-state index in [4.69, 9.17) is 5.21 Å². The molecule has 0 bridgehead atoms. The molecule has 0 aliphatic carbocycles. The lowest BCUT2D eigenvalue weighted by Gasteiger charge is -2.37. The van der Waals surface area contributed by atoms with Crippen molar-refractivity contribution in [3.63, 3.8) is 0 Å². The van der Waals surface area contributed by atoms with Gasteiger partial charge in [0, 0.05) is 45.0 Å². The molecule has 1 aliphatic heterocycles. The number of hydrogen-bond donors (Lipinski definition) is 2. The van der Waals surface area contributed by atoms with Crippen molar-refractivity contribution in [2.24, 2.45) is 0 Å². The van der Waals surface area contributed by atoms with Gasteiger partial charge >= 0.3 is 0 Å². The van der Waals surface area contributed by atoms with E-state index in [2.05, 4.69) is 4.90 Å². The highest BCUT2D eigenvalue weighted by Gasteiger charge is 2.24. The summed E-state index contributed by atoms with van der Waals surface area (Å²) in [6, 6.07) is 7.51. The monoisotopic (exact) mass is 396 g/mol. The van der Waals surface area contributed by atoms with Crippen LogP contribution in [-0.2, 0) is 19.6 Å². The van der Waals surface area contributed by atoms with E-state index in [-0.39, 0.29) is 12.5 Å². The summed E-state index contributed by atoms with van der Waals surface area (Å²) in [5, 5.41) is 8.58. The van der Waals surface area contributed by atoms with Crippen molar-refractivity contribution in [2.45, 2.75) is 0 Å². The van der Waals surface area contributed by atoms with Gasteiger partial charge in [-0.2, -0.15) is 4.31 Å². The number of carbonyl (C=O) groups excluding carboxylic acids is 2. The predicted octanol–water partition coefficient (Wildman–Crippen LogP) is -0.255. The van der Waals surface area contributed by atoms with Crippen LogP contribution in [0.4, 0.5) is 5.69 Å². The number of carbonyl (C=O) groups is 2. The molecule has 0 atom stereocenters. The Bertz CT molecular complexity index is 816. The lowest BCUT2D eigenvalue weighted by atomic mass is 10.1. The highest BCUT2D eigenvalue weighted by atomic mass is 32.2. The van der Waals surface area contributed by atoms with Gasteiger partial charge in [0.2, 0.25) is 15.9 Å². The lowest BCUT2D eigenvalue weighted by molar-refractivity contribution is -0.131. The second kappa shape index (κ2) is 8.98. The number of nitrogens with one attached hydrogen (secondary N) is 1. The van der Waals surface area contributed by atoms with Crippen LogP contribution in [0.1, 0.15) is 5.56 Å². The molecular weight excluding hydrogens is 372 g/mol. The highest BCUT2D eigenvalue weighted by molar-refractivity contribution is 7.88. The van der Waals surface area contributed by atoms with Gasteiger partial charge in [-0.15, -0.1) is 0 Å². The number of rotatable bonds is 6. The van der Waals surface area contributed by atoms with E-state index in [9.17, 15) is 18.0 Å². The molecule has 1 aromatic rings. The van der Waals surface area contributed by atoms with Crippen LogP contribution in [0.2, 0.25) is 0 Å². The third kappa shape index (κ3) is 5.78. The second-order valence-corrected chi connectivity index (χ2v) is 8.34. The van der Waals surface area contributed by atoms with Crippen LogP contribution in [0.5, 0.6) is 0 Å². The Labute approximate surface area is 158 Å². The average molecular weight is 396 g/mol. The molecule has 1 aromatic carbocycles. The first-order chi connectivity index (χ1) is 12.7. The summed E-state index contributed by atoms with van der Waals surface area (Å²) >= 11 is 0. The van der Waals surface area contributed by atoms with Crippen molar-refractivity contribution in [1.82, 2.24) is 14.7 Å². The number of para-hydroxylation sites is 1. The van der Waals surface area contributed by atoms with Gasteiger partial charge in [-0.3, -0.25) is 14.8 Å². The summed E-state index contributed by atoms with van der Waals surface area (Å²) in [5.74, 6) is -0.842. The normalized spacial score (nSPS) is 15.4. The third-order valence-corrected chi connectivity index (χ3v) is 5.62. The molecule has 0 unspecified atom stereocenters. The van der Waals surface area contributed by atoms with Gasteiger partial charge < -0.3 is 9.80 Å². The fourth-order valence-corrected chi connectivity index (χ4v) is 3.07. The van der Waals surface area contributed by atoms with Gasteiger partial charge in [-0.1, -0.05) is 18.2 Å². The smallest absolute Gasteiger partial charge is 0.267 e. The van der Waals surface area contributed by atoms with Gasteiger partial charge in [-0.25, -0.2) is 13.9 Å². The van der Waals surface area contributed by atoms with Gasteiger partial charge in [-0.05, 0) is 17.7 Å². The standard InChI is InChI=1S/C17H24N4O5S/c1-19(27(2,25)26)13-17(23)21-11-9-20(10-12-21)15-6-4-3-5-14(15)7-8-16(22)18-24/h3-8,24H,9-13H2,1-2H3,(H,18,22). The third-order valence-electron chi connectivity index (χ3n) is 4.36. The molecule has 148 valence electrons. The first-order valence-corrected chi connectivity index (χ1v) is 10.2. The Kier molecular flexibility index (Phi) is 6.94. The van der Waals surface area contributed by atoms with Crippen LogP contribution < -0.4 is 10.4 Å². The fourth-order valence-electron chi connectivity index (χ4n) is 2.72. The molecule has 0 aromatic heterocycles. The van der Waals surface area contributed by atoms with E-state index >= 15 is 0 Å². The topological polar surface area (TPSA) is 110 Å². The first kappa shape index (κ1) is 20.9. The summed E-state index contributed by atoms with van der Waals surface area (Å²) in [4.78, 5) is 27.2. The molecule has 1 fully saturated rings. The Morgan fingerprint density at radius 1 is 1.22 bits per heavy atom. The molecular formula is C17H24N4O5S. The number of anilines is 1. The highest BCUT2D eigenvalue weighted by Crippen LogP contribution is 2.23. The summed E-state index contributed by atoms with van der Waals surface area (Å²) in [7, 11) is -2.01. The number of piperazine rings is 1. The van der Waals surface area contributed by atoms with Crippen molar-refractivity contribution < 1.29 is 23.2 Å². The average Bonchev–Trinajstić information content (AvgIpc) is 2.65. The Morgan fingerprint density at radius 2 is 1.85 bits per heavy atom. The first-order valence-electron chi connectivity index (χ1n) is 8.37. The SMILES string of the molecule is CN(CC(=O)N1CCN(c2ccccc2C=CC(=O)NO)CC1)S(C)(=O)=O. The molecule has 2 rings (SSSR count). The predicted molar refractivity (Wildman–Crippen MR) is 102 cm³/mol. The van der Waals surface area contributed by atoms with Gasteiger partial charge in [0.1, 0.15) is 0 Å². The molecule has 1 heterocycles. The molecule has 0 spiro atoms. The van der Waals surface area contributed by atoms with Gasteiger partial charge in [0.05, 0.1) is 12.8 Å². The number of sulfonamides is 1. The van der Waals surface area contributed by atoms with Crippen LogP contribution in [0, 0.1) is 0 Å². The number of hydrogen-bond acceptors (Lipinski definition) is 6. The summed E-state index contributed by atoms with van der Waals surface area (Å²) < 4.78 is 23.9. The number of hydroxylamine groups is 1. The van der Waals surface area contributed by atoms with Crippen molar-refractivity contribution in [2.75, 3.05) is 50.9 Å². The summed E-state index contributed by atoms with van der Waals surface area (Å²) in [6.07, 6.45) is 3.92. The number of nitrogens with zero attached hydrogens (tertiary/aromatic N) is 3. The number of benzene rings is 1. The maximum atomic E-state index is 12.3. The Morgan fingerprint density at radius 3 is 2.44 bits per heavy atom. The number of amides is 2. The molecule has 1 aliphatic rings. The zero-order valence-electron chi connectivity index (χ0n) is 15.3. The minimum Gasteiger partial charge on any atom is -0.367 e. The van der Waals surface area contributed by atoms with E-state index in [0.29, 0.717) is 26.2 Å². The maximum Gasteiger partial charge on any atom is 0.267 e. The molecule has 0 saturated carbocycles. The van der Waals surface area contributed by atoms with Gasteiger partial charge in [0.15, 0.2) is 0 Å². The van der Waals surface area contributed by atoms with Crippen molar-refractivity contribution in [3.05, 3.63) is 35.9 Å². The van der Waals surface area contributed by atoms with Crippen molar-refractivity contribution >= 4 is 33.6 Å². The zero-order chi connectivity index (χ0) is 20.0. The van der Waals surface area contributed by atoms with E-state index in [1.807, 2.05) is 24.3 Å². The van der Waals surface area contributed by atoms with E-state index in [1.54, 1.807) is 16.5 Å². The van der Waals surface area contributed by atoms with Crippen LogP contribution in [0.25, 0.3) is 6.08 Å². The van der Waals surface area contributed by atoms with Gasteiger partial charge in [0.25, 0.3) is 5.91 Å². The van der Waals surface area contributed by atoms with Crippen LogP contribution in [0.3, 0.4) is 0 Å². The molecule has 1 saturated heterocycles. The van der Waals surface area contributed by atoms with Crippen LogP contribution in [-0.4, -0.2) is 80.7 Å². The van der Waals surface area contributed by atoms with E-state index in [1.165, 1.54) is 13.1 Å². The molecule has 9 nitrogen and oxygen atoms in total. The molecule has 2 N–H and O–H groups in total. The quantitative estimate of drug-likeness (QED) is 0.390. The minimum absolute atomic E-state index is 0.172. The van der Waals surface area contributed by atoms with Crippen molar-refractivity contribution in [1.29, 1.82) is 0 Å². The lowest BCUT2D eigenvalue weighted by Crippen LogP contribution is -2.51. The second-order valence-electron chi connectivity index (χ2n) is 6.26. The summed E-state index contributed by atoms with van der Waals surface area (Å²) in [6.45, 7) is 1.96. The maximum absolute atomic E-state index is 12.3. The largest absolute Gasteiger partial charge is 0.367 e. The zero-order valence-corrected chi connectivity index (χ0v) is 16.1. The van der Waals surface area contributed by atoms with Crippen LogP contribution >= 0.6 is 0 Å². The molecule has 2 amide bonds. The fraction of sp³-hybridized carbons (Fsp3) is 0.412.